The van der Waals surface area contributed by atoms with Crippen LogP contribution in [0.25, 0.3) is 0 Å². The number of hydrogen-bond acceptors (Lipinski definition) is 5. The van der Waals surface area contributed by atoms with E-state index in [0.29, 0.717) is 0 Å². The van der Waals surface area contributed by atoms with Crippen LogP contribution in [0.3, 0.4) is 0 Å². The second-order valence-corrected chi connectivity index (χ2v) is 2.87. The Labute approximate surface area is 90.6 Å². The number of ether oxygens (including phenoxy) is 2. The Morgan fingerprint density at radius 1 is 1.50 bits per heavy atom. The highest BCUT2D eigenvalue weighted by atomic mass is 16.5. The minimum atomic E-state index is -0.711. The zero-order valence-corrected chi connectivity index (χ0v) is 8.98. The maximum absolute atomic E-state index is 11.4. The van der Waals surface area contributed by atoms with Crippen molar-refractivity contribution in [2.24, 2.45) is 0 Å². The van der Waals surface area contributed by atoms with Gasteiger partial charge in [0, 0.05) is 0 Å². The summed E-state index contributed by atoms with van der Waals surface area (Å²) in [5, 5.41) is 0. The van der Waals surface area contributed by atoms with Crippen molar-refractivity contribution in [2.75, 3.05) is 13.7 Å². The van der Waals surface area contributed by atoms with Crippen LogP contribution >= 0.6 is 0 Å². The van der Waals surface area contributed by atoms with Gasteiger partial charge in [-0.1, -0.05) is 0 Å². The van der Waals surface area contributed by atoms with Crippen LogP contribution in [0, 0.1) is 0 Å². The predicted molar refractivity (Wildman–Crippen MR) is 54.5 cm³/mol. The molecule has 88 valence electrons. The highest BCUT2D eigenvalue weighted by Crippen LogP contribution is 2.02. The van der Waals surface area contributed by atoms with Crippen molar-refractivity contribution in [3.05, 3.63) is 26.9 Å². The number of methoxy groups -OCH3 is 1. The van der Waals surface area contributed by atoms with Crippen molar-refractivity contribution in [1.29, 1.82) is 0 Å². The van der Waals surface area contributed by atoms with Crippen LogP contribution in [0.5, 0.6) is 5.88 Å². The molecule has 0 atom stereocenters. The molecule has 0 amide bonds. The first-order valence-electron chi connectivity index (χ1n) is 4.62. The number of esters is 1. The van der Waals surface area contributed by atoms with Gasteiger partial charge in [-0.15, -0.1) is 0 Å². The van der Waals surface area contributed by atoms with Crippen molar-refractivity contribution < 1.29 is 14.3 Å². The molecule has 0 radical (unpaired) electrons. The fourth-order valence-corrected chi connectivity index (χ4v) is 1.15. The Bertz CT molecular complexity index is 487. The summed E-state index contributed by atoms with van der Waals surface area (Å²) in [5.41, 5.74) is -1.29. The molecule has 1 N–H and O–H groups in total. The van der Waals surface area contributed by atoms with E-state index in [0.717, 1.165) is 10.6 Å². The van der Waals surface area contributed by atoms with Gasteiger partial charge in [0.05, 0.1) is 19.8 Å². The number of H-pyrrole nitrogens is 1. The number of aromatic amines is 1. The van der Waals surface area contributed by atoms with Crippen molar-refractivity contribution in [3.63, 3.8) is 0 Å². The lowest BCUT2D eigenvalue weighted by atomic mass is 10.5. The maximum Gasteiger partial charge on any atom is 0.331 e. The molecule has 1 heterocycles. The van der Waals surface area contributed by atoms with Crippen LogP contribution < -0.4 is 16.0 Å². The lowest BCUT2D eigenvalue weighted by Crippen LogP contribution is -2.32. The Hall–Kier alpha value is -2.05. The minimum absolute atomic E-state index is 0.0156. The first-order chi connectivity index (χ1) is 7.58. The zero-order chi connectivity index (χ0) is 12.1. The molecule has 0 aliphatic carbocycles. The summed E-state index contributed by atoms with van der Waals surface area (Å²) in [5.74, 6) is -0.559. The van der Waals surface area contributed by atoms with E-state index in [4.69, 9.17) is 4.74 Å². The normalized spacial score (nSPS) is 9.88. The van der Waals surface area contributed by atoms with Gasteiger partial charge in [0.15, 0.2) is 0 Å². The van der Waals surface area contributed by atoms with E-state index < -0.39 is 17.2 Å². The van der Waals surface area contributed by atoms with E-state index in [-0.39, 0.29) is 19.0 Å². The zero-order valence-electron chi connectivity index (χ0n) is 8.98. The summed E-state index contributed by atoms with van der Waals surface area (Å²) >= 11 is 0. The minimum Gasteiger partial charge on any atom is -0.482 e. The van der Waals surface area contributed by atoms with E-state index in [9.17, 15) is 14.4 Å². The standard InChI is InChI=1S/C9H12N2O5/c1-3-16-8(13)5-11-7(15-2)4-6(12)10-9(11)14/h4H,3,5H2,1-2H3,(H,10,12,14). The van der Waals surface area contributed by atoms with Gasteiger partial charge in [0.2, 0.25) is 5.88 Å². The van der Waals surface area contributed by atoms with Gasteiger partial charge < -0.3 is 9.47 Å². The topological polar surface area (TPSA) is 90.4 Å². The summed E-state index contributed by atoms with van der Waals surface area (Å²) in [7, 11) is 1.30. The number of aromatic nitrogens is 2. The van der Waals surface area contributed by atoms with Crippen molar-refractivity contribution >= 4 is 5.97 Å². The van der Waals surface area contributed by atoms with Gasteiger partial charge in [0.25, 0.3) is 5.56 Å². The Kier molecular flexibility index (Phi) is 3.87. The molecule has 1 aromatic heterocycles. The van der Waals surface area contributed by atoms with E-state index in [1.165, 1.54) is 7.11 Å². The van der Waals surface area contributed by atoms with Crippen molar-refractivity contribution in [3.8, 4) is 5.88 Å². The van der Waals surface area contributed by atoms with Gasteiger partial charge in [-0.3, -0.25) is 19.1 Å². The second-order valence-electron chi connectivity index (χ2n) is 2.87. The number of rotatable bonds is 4. The molecule has 0 bridgehead atoms. The van der Waals surface area contributed by atoms with E-state index >= 15 is 0 Å². The van der Waals surface area contributed by atoms with Crippen molar-refractivity contribution in [1.82, 2.24) is 9.55 Å². The Morgan fingerprint density at radius 2 is 2.19 bits per heavy atom. The van der Waals surface area contributed by atoms with Crippen LogP contribution in [0.1, 0.15) is 6.92 Å². The third-order valence-corrected chi connectivity index (χ3v) is 1.80. The van der Waals surface area contributed by atoms with Crippen LogP contribution in [0.15, 0.2) is 15.7 Å². The van der Waals surface area contributed by atoms with Gasteiger partial charge >= 0.3 is 11.7 Å². The molecule has 7 heteroatoms. The molecular formula is C9H12N2O5. The average molecular weight is 228 g/mol. The first-order valence-corrected chi connectivity index (χ1v) is 4.62. The Morgan fingerprint density at radius 3 is 2.75 bits per heavy atom. The van der Waals surface area contributed by atoms with Gasteiger partial charge in [-0.05, 0) is 6.92 Å². The predicted octanol–water partition coefficient (Wildman–Crippen LogP) is -0.892. The van der Waals surface area contributed by atoms with Gasteiger partial charge in [-0.25, -0.2) is 4.79 Å². The molecule has 0 aromatic carbocycles. The quantitative estimate of drug-likeness (QED) is 0.675. The molecule has 0 saturated heterocycles. The first kappa shape index (κ1) is 12.0. The highest BCUT2D eigenvalue weighted by molar-refractivity contribution is 5.69. The van der Waals surface area contributed by atoms with E-state index in [1.807, 2.05) is 4.98 Å². The average Bonchev–Trinajstić information content (AvgIpc) is 2.22. The largest absolute Gasteiger partial charge is 0.482 e. The fraction of sp³-hybridized carbons (Fsp3) is 0.444. The summed E-state index contributed by atoms with van der Waals surface area (Å²) in [6.07, 6.45) is 0. The molecule has 1 rings (SSSR count). The fourth-order valence-electron chi connectivity index (χ4n) is 1.15. The monoisotopic (exact) mass is 228 g/mol. The number of carbonyl (C=O) groups excluding carboxylic acids is 1. The number of nitrogens with one attached hydrogen (secondary N) is 1. The summed E-state index contributed by atoms with van der Waals surface area (Å²) in [6.45, 7) is 1.58. The molecular weight excluding hydrogens is 216 g/mol. The molecule has 0 aliphatic rings. The van der Waals surface area contributed by atoms with Crippen LogP contribution in [0.4, 0.5) is 0 Å². The summed E-state index contributed by atoms with van der Waals surface area (Å²) < 4.78 is 10.5. The van der Waals surface area contributed by atoms with Crippen LogP contribution in [-0.4, -0.2) is 29.2 Å². The molecule has 0 unspecified atom stereocenters. The second kappa shape index (κ2) is 5.15. The third-order valence-electron chi connectivity index (χ3n) is 1.80. The molecule has 0 fully saturated rings. The van der Waals surface area contributed by atoms with Crippen LogP contribution in [-0.2, 0) is 16.1 Å². The SMILES string of the molecule is CCOC(=O)Cn1c(OC)cc(=O)[nH]c1=O. The summed E-state index contributed by atoms with van der Waals surface area (Å²) in [4.78, 5) is 35.6. The van der Waals surface area contributed by atoms with Gasteiger partial charge in [0.1, 0.15) is 6.54 Å². The van der Waals surface area contributed by atoms with E-state index in [2.05, 4.69) is 4.74 Å². The third kappa shape index (κ3) is 2.72. The van der Waals surface area contributed by atoms with Gasteiger partial charge in [-0.2, -0.15) is 0 Å². The highest BCUT2D eigenvalue weighted by Gasteiger charge is 2.11. The molecule has 16 heavy (non-hydrogen) atoms. The number of carbonyl (C=O) groups is 1. The lowest BCUT2D eigenvalue weighted by molar-refractivity contribution is -0.144. The Balaban J connectivity index is 3.08. The summed E-state index contributed by atoms with van der Waals surface area (Å²) in [6, 6.07) is 1.08. The number of hydrogen-bond donors (Lipinski definition) is 1. The van der Waals surface area contributed by atoms with E-state index in [1.54, 1.807) is 6.92 Å². The molecule has 0 spiro atoms. The van der Waals surface area contributed by atoms with Crippen molar-refractivity contribution in [2.45, 2.75) is 13.5 Å². The lowest BCUT2D eigenvalue weighted by Gasteiger charge is -2.09. The maximum atomic E-state index is 11.4. The smallest absolute Gasteiger partial charge is 0.331 e. The molecule has 0 aliphatic heterocycles. The molecule has 0 saturated carbocycles. The number of nitrogens with zero attached hydrogens (tertiary/aromatic N) is 1. The molecule has 1 aromatic rings. The molecule has 7 nitrogen and oxygen atoms in total. The van der Waals surface area contributed by atoms with Crippen LogP contribution in [0.2, 0.25) is 0 Å².